The number of nitrogens with zero attached hydrogens (tertiary/aromatic N) is 2. The number of amides is 1. The van der Waals surface area contributed by atoms with E-state index in [0.29, 0.717) is 27.5 Å². The molecule has 0 unspecified atom stereocenters. The van der Waals surface area contributed by atoms with Crippen molar-refractivity contribution in [3.8, 4) is 22.9 Å². The summed E-state index contributed by atoms with van der Waals surface area (Å²) in [4.78, 5) is 16.2. The van der Waals surface area contributed by atoms with Gasteiger partial charge >= 0.3 is 11.8 Å². The minimum Gasteiger partial charge on any atom is -0.493 e. The number of halogens is 1. The summed E-state index contributed by atoms with van der Waals surface area (Å²) in [5.74, 6) is 1.34. The SMILES string of the molecule is COc1ccc(-c2noc(C(=O)NCc3ccc(Br)o3)n2)cc1OC. The van der Waals surface area contributed by atoms with Crippen molar-refractivity contribution in [1.82, 2.24) is 15.5 Å². The Labute approximate surface area is 151 Å². The van der Waals surface area contributed by atoms with Crippen LogP contribution in [0.1, 0.15) is 16.4 Å². The molecular formula is C16H14BrN3O5. The molecule has 0 aliphatic rings. The first-order chi connectivity index (χ1) is 12.1. The predicted molar refractivity (Wildman–Crippen MR) is 90.4 cm³/mol. The zero-order chi connectivity index (χ0) is 17.8. The van der Waals surface area contributed by atoms with Gasteiger partial charge in [-0.3, -0.25) is 4.79 Å². The Hall–Kier alpha value is -2.81. The molecule has 0 aliphatic heterocycles. The number of nitrogens with one attached hydrogen (secondary N) is 1. The van der Waals surface area contributed by atoms with Crippen molar-refractivity contribution in [2.24, 2.45) is 0 Å². The molecule has 0 fully saturated rings. The van der Waals surface area contributed by atoms with Gasteiger partial charge in [-0.25, -0.2) is 0 Å². The second-order valence-electron chi connectivity index (χ2n) is 4.88. The highest BCUT2D eigenvalue weighted by atomic mass is 79.9. The number of carbonyl (C=O) groups is 1. The highest BCUT2D eigenvalue weighted by Gasteiger charge is 2.17. The van der Waals surface area contributed by atoms with Crippen molar-refractivity contribution in [2.75, 3.05) is 14.2 Å². The lowest BCUT2D eigenvalue weighted by Crippen LogP contribution is -2.22. The quantitative estimate of drug-likeness (QED) is 0.669. The molecule has 0 radical (unpaired) electrons. The van der Waals surface area contributed by atoms with E-state index < -0.39 is 5.91 Å². The highest BCUT2D eigenvalue weighted by molar-refractivity contribution is 9.10. The number of aromatic nitrogens is 2. The van der Waals surface area contributed by atoms with Crippen LogP contribution in [0.3, 0.4) is 0 Å². The molecule has 0 saturated carbocycles. The van der Waals surface area contributed by atoms with E-state index in [1.807, 2.05) is 0 Å². The molecule has 1 aromatic carbocycles. The lowest BCUT2D eigenvalue weighted by molar-refractivity contribution is 0.0904. The van der Waals surface area contributed by atoms with Crippen LogP contribution in [0.4, 0.5) is 0 Å². The third-order valence-electron chi connectivity index (χ3n) is 3.31. The number of benzene rings is 1. The first-order valence-corrected chi connectivity index (χ1v) is 7.98. The largest absolute Gasteiger partial charge is 0.493 e. The fourth-order valence-electron chi connectivity index (χ4n) is 2.10. The van der Waals surface area contributed by atoms with Crippen LogP contribution in [-0.4, -0.2) is 30.3 Å². The number of rotatable bonds is 6. The van der Waals surface area contributed by atoms with E-state index in [2.05, 4.69) is 31.4 Å². The van der Waals surface area contributed by atoms with E-state index in [-0.39, 0.29) is 18.3 Å². The van der Waals surface area contributed by atoms with E-state index >= 15 is 0 Å². The standard InChI is InChI=1S/C16H14BrN3O5/c1-22-11-5-3-9(7-12(11)23-2)14-19-16(25-20-14)15(21)18-8-10-4-6-13(17)24-10/h3-7H,8H2,1-2H3,(H,18,21). The van der Waals surface area contributed by atoms with Gasteiger partial charge in [-0.1, -0.05) is 5.16 Å². The van der Waals surface area contributed by atoms with E-state index in [0.717, 1.165) is 0 Å². The van der Waals surface area contributed by atoms with Crippen LogP contribution in [0.25, 0.3) is 11.4 Å². The normalized spacial score (nSPS) is 10.5. The van der Waals surface area contributed by atoms with Gasteiger partial charge in [0.2, 0.25) is 5.82 Å². The van der Waals surface area contributed by atoms with E-state index in [1.165, 1.54) is 7.11 Å². The van der Waals surface area contributed by atoms with Gasteiger partial charge in [0.25, 0.3) is 0 Å². The fourth-order valence-corrected chi connectivity index (χ4v) is 2.44. The van der Waals surface area contributed by atoms with Gasteiger partial charge in [0.05, 0.1) is 20.8 Å². The van der Waals surface area contributed by atoms with Gasteiger partial charge in [0.15, 0.2) is 16.2 Å². The van der Waals surface area contributed by atoms with Crippen LogP contribution in [0.5, 0.6) is 11.5 Å². The van der Waals surface area contributed by atoms with Crippen LogP contribution in [0, 0.1) is 0 Å². The summed E-state index contributed by atoms with van der Waals surface area (Å²) >= 11 is 3.20. The van der Waals surface area contributed by atoms with Crippen LogP contribution in [-0.2, 0) is 6.54 Å². The first kappa shape index (κ1) is 17.0. The Morgan fingerprint density at radius 3 is 2.68 bits per heavy atom. The smallest absolute Gasteiger partial charge is 0.316 e. The summed E-state index contributed by atoms with van der Waals surface area (Å²) in [6.45, 7) is 0.207. The van der Waals surface area contributed by atoms with Crippen molar-refractivity contribution >= 4 is 21.8 Å². The van der Waals surface area contributed by atoms with Crippen molar-refractivity contribution in [3.63, 3.8) is 0 Å². The summed E-state index contributed by atoms with van der Waals surface area (Å²) in [7, 11) is 3.08. The molecule has 0 spiro atoms. The van der Waals surface area contributed by atoms with Crippen molar-refractivity contribution < 1.29 is 23.2 Å². The maximum absolute atomic E-state index is 12.1. The molecule has 3 rings (SSSR count). The van der Waals surface area contributed by atoms with Crippen LogP contribution >= 0.6 is 15.9 Å². The van der Waals surface area contributed by atoms with Gasteiger partial charge in [0.1, 0.15) is 5.76 Å². The monoisotopic (exact) mass is 407 g/mol. The summed E-state index contributed by atoms with van der Waals surface area (Å²) in [5.41, 5.74) is 0.635. The van der Waals surface area contributed by atoms with Gasteiger partial charge in [-0.15, -0.1) is 0 Å². The van der Waals surface area contributed by atoms with Crippen LogP contribution < -0.4 is 14.8 Å². The fraction of sp³-hybridized carbons (Fsp3) is 0.188. The van der Waals surface area contributed by atoms with E-state index in [9.17, 15) is 4.79 Å². The van der Waals surface area contributed by atoms with Crippen LogP contribution in [0.2, 0.25) is 0 Å². The summed E-state index contributed by atoms with van der Waals surface area (Å²) < 4.78 is 21.3. The topological polar surface area (TPSA) is 99.6 Å². The Kier molecular flexibility index (Phi) is 5.03. The number of hydrogen-bond donors (Lipinski definition) is 1. The Morgan fingerprint density at radius 2 is 2.00 bits per heavy atom. The minimum atomic E-state index is -0.494. The zero-order valence-corrected chi connectivity index (χ0v) is 15.0. The number of ether oxygens (including phenoxy) is 2. The number of carbonyl (C=O) groups excluding carboxylic acids is 1. The molecule has 1 amide bonds. The van der Waals surface area contributed by atoms with Gasteiger partial charge in [-0.2, -0.15) is 4.98 Å². The molecular weight excluding hydrogens is 394 g/mol. The van der Waals surface area contributed by atoms with E-state index in [4.69, 9.17) is 18.4 Å². The molecule has 0 aliphatic carbocycles. The average molecular weight is 408 g/mol. The molecule has 8 nitrogen and oxygen atoms in total. The number of furan rings is 1. The lowest BCUT2D eigenvalue weighted by Gasteiger charge is -2.07. The van der Waals surface area contributed by atoms with Crippen LogP contribution in [0.15, 0.2) is 43.9 Å². The number of methoxy groups -OCH3 is 2. The first-order valence-electron chi connectivity index (χ1n) is 7.19. The Morgan fingerprint density at radius 1 is 1.20 bits per heavy atom. The maximum atomic E-state index is 12.1. The minimum absolute atomic E-state index is 0.143. The number of hydrogen-bond acceptors (Lipinski definition) is 7. The van der Waals surface area contributed by atoms with E-state index in [1.54, 1.807) is 37.4 Å². The lowest BCUT2D eigenvalue weighted by atomic mass is 10.2. The molecule has 9 heteroatoms. The molecule has 0 atom stereocenters. The van der Waals surface area contributed by atoms with Gasteiger partial charge in [0, 0.05) is 5.56 Å². The molecule has 130 valence electrons. The third-order valence-corrected chi connectivity index (χ3v) is 3.74. The molecule has 2 heterocycles. The second-order valence-corrected chi connectivity index (χ2v) is 5.66. The second kappa shape index (κ2) is 7.39. The van der Waals surface area contributed by atoms with Gasteiger partial charge < -0.3 is 23.7 Å². The van der Waals surface area contributed by atoms with Crippen molar-refractivity contribution in [1.29, 1.82) is 0 Å². The zero-order valence-electron chi connectivity index (χ0n) is 13.4. The summed E-state index contributed by atoms with van der Waals surface area (Å²) in [6, 6.07) is 8.65. The highest BCUT2D eigenvalue weighted by Crippen LogP contribution is 2.31. The molecule has 0 saturated heterocycles. The molecule has 2 aromatic heterocycles. The Balaban J connectivity index is 1.72. The maximum Gasteiger partial charge on any atom is 0.316 e. The molecule has 25 heavy (non-hydrogen) atoms. The predicted octanol–water partition coefficient (Wildman–Crippen LogP) is 3.04. The molecule has 0 bridgehead atoms. The molecule has 1 N–H and O–H groups in total. The summed E-state index contributed by atoms with van der Waals surface area (Å²) in [6.07, 6.45) is 0. The Bertz CT molecular complexity index is 890. The van der Waals surface area contributed by atoms with Crippen molar-refractivity contribution in [2.45, 2.75) is 6.54 Å². The third kappa shape index (κ3) is 3.82. The van der Waals surface area contributed by atoms with Gasteiger partial charge in [-0.05, 0) is 46.3 Å². The van der Waals surface area contributed by atoms with Crippen molar-refractivity contribution in [3.05, 3.63) is 46.7 Å². The summed E-state index contributed by atoms with van der Waals surface area (Å²) in [5, 5.41) is 6.46. The molecule has 3 aromatic rings. The average Bonchev–Trinajstić information content (AvgIpc) is 3.28.